The lowest BCUT2D eigenvalue weighted by atomic mass is 10.2. The molecule has 1 aliphatic carbocycles. The lowest BCUT2D eigenvalue weighted by Gasteiger charge is -2.31. The number of ether oxygens (including phenoxy) is 1. The number of aromatic nitrogens is 2. The number of phenols is 1. The first-order valence-electron chi connectivity index (χ1n) is 9.26. The van der Waals surface area contributed by atoms with E-state index in [9.17, 15) is 9.90 Å². The van der Waals surface area contributed by atoms with Gasteiger partial charge in [-0.2, -0.15) is 9.78 Å². The summed E-state index contributed by atoms with van der Waals surface area (Å²) < 4.78 is 7.49. The molecule has 4 rings (SSSR count). The van der Waals surface area contributed by atoms with E-state index in [1.54, 1.807) is 24.4 Å². The van der Waals surface area contributed by atoms with Crippen LogP contribution in [-0.2, 0) is 0 Å². The van der Waals surface area contributed by atoms with Crippen molar-refractivity contribution in [2.45, 2.75) is 31.8 Å². The maximum Gasteiger partial charge on any atom is 0.316 e. The monoisotopic (exact) mass is 356 g/mol. The van der Waals surface area contributed by atoms with Crippen LogP contribution in [0.2, 0.25) is 0 Å². The summed E-state index contributed by atoms with van der Waals surface area (Å²) in [7, 11) is 0. The summed E-state index contributed by atoms with van der Waals surface area (Å²) in [6, 6.07) is 6.54. The summed E-state index contributed by atoms with van der Waals surface area (Å²) in [6.45, 7) is 3.38. The molecule has 7 nitrogen and oxygen atoms in total. The SMILES string of the molecule is O=c1c(OC2CCCC2)c(N2CCNCC2)cnn1-c1cccc(O)c1. The zero-order valence-electron chi connectivity index (χ0n) is 14.7. The molecule has 138 valence electrons. The molecule has 0 radical (unpaired) electrons. The van der Waals surface area contributed by atoms with Gasteiger partial charge in [0.15, 0.2) is 0 Å². The second-order valence-corrected chi connectivity index (χ2v) is 6.86. The van der Waals surface area contributed by atoms with E-state index in [0.29, 0.717) is 11.4 Å². The van der Waals surface area contributed by atoms with Gasteiger partial charge in [-0.05, 0) is 37.8 Å². The summed E-state index contributed by atoms with van der Waals surface area (Å²) in [5, 5.41) is 17.4. The van der Waals surface area contributed by atoms with Crippen LogP contribution in [0.1, 0.15) is 25.7 Å². The largest absolute Gasteiger partial charge is 0.508 e. The third-order valence-corrected chi connectivity index (χ3v) is 5.03. The molecule has 0 atom stereocenters. The molecule has 0 amide bonds. The van der Waals surface area contributed by atoms with Crippen LogP contribution in [0.5, 0.6) is 11.5 Å². The predicted molar refractivity (Wildman–Crippen MR) is 99.5 cm³/mol. The van der Waals surface area contributed by atoms with Crippen molar-refractivity contribution in [2.75, 3.05) is 31.1 Å². The Balaban J connectivity index is 1.76. The predicted octanol–water partition coefficient (Wildman–Crippen LogP) is 1.67. The zero-order chi connectivity index (χ0) is 17.9. The molecule has 2 aromatic rings. The Hall–Kier alpha value is -2.54. The molecule has 0 unspecified atom stereocenters. The third-order valence-electron chi connectivity index (χ3n) is 5.03. The number of benzene rings is 1. The van der Waals surface area contributed by atoms with Crippen molar-refractivity contribution in [1.82, 2.24) is 15.1 Å². The number of hydrogen-bond donors (Lipinski definition) is 2. The van der Waals surface area contributed by atoms with E-state index in [1.165, 1.54) is 10.7 Å². The van der Waals surface area contributed by atoms with Crippen molar-refractivity contribution in [3.63, 3.8) is 0 Å². The fourth-order valence-electron chi connectivity index (χ4n) is 3.65. The number of phenolic OH excluding ortho intramolecular Hbond substituents is 1. The normalized spacial score (nSPS) is 18.2. The minimum atomic E-state index is -0.279. The Labute approximate surface area is 152 Å². The number of rotatable bonds is 4. The molecule has 1 aromatic carbocycles. The molecule has 2 aliphatic rings. The molecule has 2 N–H and O–H groups in total. The van der Waals surface area contributed by atoms with Crippen molar-refractivity contribution in [1.29, 1.82) is 0 Å². The molecule has 1 aliphatic heterocycles. The molecule has 2 heterocycles. The first-order valence-corrected chi connectivity index (χ1v) is 9.26. The van der Waals surface area contributed by atoms with Crippen molar-refractivity contribution in [3.8, 4) is 17.2 Å². The number of hydrogen-bond acceptors (Lipinski definition) is 6. The molecule has 2 fully saturated rings. The summed E-state index contributed by atoms with van der Waals surface area (Å²) in [5.41, 5.74) is 1.01. The number of nitrogens with one attached hydrogen (secondary N) is 1. The van der Waals surface area contributed by atoms with E-state index >= 15 is 0 Å². The van der Waals surface area contributed by atoms with Crippen LogP contribution < -0.4 is 20.5 Å². The van der Waals surface area contributed by atoms with Crippen molar-refractivity contribution in [2.24, 2.45) is 0 Å². The van der Waals surface area contributed by atoms with Crippen LogP contribution in [0.3, 0.4) is 0 Å². The number of anilines is 1. The minimum Gasteiger partial charge on any atom is -0.508 e. The highest BCUT2D eigenvalue weighted by Crippen LogP contribution is 2.29. The standard InChI is InChI=1S/C19H24N4O3/c24-15-5-3-4-14(12-15)23-19(25)18(26-16-6-1-2-7-16)17(13-21-23)22-10-8-20-9-11-22/h3-5,12-13,16,20,24H,1-2,6-11H2. The van der Waals surface area contributed by atoms with Crippen LogP contribution in [0.15, 0.2) is 35.3 Å². The highest BCUT2D eigenvalue weighted by molar-refractivity contribution is 5.57. The van der Waals surface area contributed by atoms with Gasteiger partial charge in [0.05, 0.1) is 18.0 Å². The lowest BCUT2D eigenvalue weighted by Crippen LogP contribution is -2.44. The van der Waals surface area contributed by atoms with Crippen molar-refractivity contribution in [3.05, 3.63) is 40.8 Å². The quantitative estimate of drug-likeness (QED) is 0.868. The fourth-order valence-corrected chi connectivity index (χ4v) is 3.65. The van der Waals surface area contributed by atoms with Gasteiger partial charge in [0.2, 0.25) is 5.75 Å². The smallest absolute Gasteiger partial charge is 0.316 e. The summed E-state index contributed by atoms with van der Waals surface area (Å²) in [6.07, 6.45) is 6.04. The lowest BCUT2D eigenvalue weighted by molar-refractivity contribution is 0.206. The van der Waals surface area contributed by atoms with Gasteiger partial charge in [-0.25, -0.2) is 0 Å². The Bertz CT molecular complexity index is 824. The van der Waals surface area contributed by atoms with Crippen molar-refractivity contribution < 1.29 is 9.84 Å². The van der Waals surface area contributed by atoms with E-state index in [-0.39, 0.29) is 17.4 Å². The molecule has 1 saturated carbocycles. The van der Waals surface area contributed by atoms with Gasteiger partial charge >= 0.3 is 5.56 Å². The highest BCUT2D eigenvalue weighted by Gasteiger charge is 2.25. The van der Waals surface area contributed by atoms with Gasteiger partial charge in [-0.3, -0.25) is 4.79 Å². The Morgan fingerprint density at radius 3 is 2.69 bits per heavy atom. The summed E-state index contributed by atoms with van der Waals surface area (Å²) in [4.78, 5) is 15.3. The molecule has 26 heavy (non-hydrogen) atoms. The second-order valence-electron chi connectivity index (χ2n) is 6.86. The Kier molecular flexibility index (Phi) is 4.79. The molecular weight excluding hydrogens is 332 g/mol. The maximum absolute atomic E-state index is 13.2. The fraction of sp³-hybridized carbons (Fsp3) is 0.474. The molecule has 7 heteroatoms. The zero-order valence-corrected chi connectivity index (χ0v) is 14.7. The van der Waals surface area contributed by atoms with E-state index in [4.69, 9.17) is 4.74 Å². The first kappa shape index (κ1) is 16.9. The average Bonchev–Trinajstić information content (AvgIpc) is 3.17. The topological polar surface area (TPSA) is 79.6 Å². The number of piperazine rings is 1. The molecule has 1 aromatic heterocycles. The first-order chi connectivity index (χ1) is 12.7. The van der Waals surface area contributed by atoms with E-state index in [1.807, 2.05) is 0 Å². The van der Waals surface area contributed by atoms with Crippen LogP contribution in [0.25, 0.3) is 5.69 Å². The summed E-state index contributed by atoms with van der Waals surface area (Å²) >= 11 is 0. The van der Waals surface area contributed by atoms with E-state index in [2.05, 4.69) is 15.3 Å². The molecule has 1 saturated heterocycles. The summed E-state index contributed by atoms with van der Waals surface area (Å²) in [5.74, 6) is 0.470. The van der Waals surface area contributed by atoms with Gasteiger partial charge in [0.1, 0.15) is 11.4 Å². The van der Waals surface area contributed by atoms with Crippen LogP contribution in [0.4, 0.5) is 5.69 Å². The minimum absolute atomic E-state index is 0.0874. The van der Waals surface area contributed by atoms with Gasteiger partial charge in [-0.15, -0.1) is 0 Å². The van der Waals surface area contributed by atoms with E-state index in [0.717, 1.165) is 57.5 Å². The Morgan fingerprint density at radius 1 is 1.19 bits per heavy atom. The maximum atomic E-state index is 13.2. The second kappa shape index (κ2) is 7.37. The van der Waals surface area contributed by atoms with Crippen LogP contribution in [-0.4, -0.2) is 47.2 Å². The molecular formula is C19H24N4O3. The third kappa shape index (κ3) is 3.39. The van der Waals surface area contributed by atoms with Crippen LogP contribution in [0, 0.1) is 0 Å². The highest BCUT2D eigenvalue weighted by atomic mass is 16.5. The van der Waals surface area contributed by atoms with Gasteiger partial charge in [0.25, 0.3) is 0 Å². The van der Waals surface area contributed by atoms with Gasteiger partial charge in [-0.1, -0.05) is 6.07 Å². The van der Waals surface area contributed by atoms with Gasteiger partial charge in [0, 0.05) is 32.2 Å². The van der Waals surface area contributed by atoms with E-state index < -0.39 is 0 Å². The number of aromatic hydroxyl groups is 1. The number of nitrogens with zero attached hydrogens (tertiary/aromatic N) is 3. The average molecular weight is 356 g/mol. The van der Waals surface area contributed by atoms with Crippen LogP contribution >= 0.6 is 0 Å². The molecule has 0 spiro atoms. The molecule has 0 bridgehead atoms. The Morgan fingerprint density at radius 2 is 1.96 bits per heavy atom. The van der Waals surface area contributed by atoms with Gasteiger partial charge < -0.3 is 20.1 Å². The van der Waals surface area contributed by atoms with Crippen molar-refractivity contribution >= 4 is 5.69 Å².